The predicted molar refractivity (Wildman–Crippen MR) is 104 cm³/mol. The number of fused-ring (bicyclic) bond motifs is 1. The second-order valence-electron chi connectivity index (χ2n) is 6.98. The topological polar surface area (TPSA) is 143 Å². The van der Waals surface area contributed by atoms with E-state index in [4.69, 9.17) is 19.9 Å². The van der Waals surface area contributed by atoms with E-state index >= 15 is 4.39 Å². The third-order valence-electron chi connectivity index (χ3n) is 4.85. The van der Waals surface area contributed by atoms with Crippen LogP contribution in [0.1, 0.15) is 39.8 Å². The van der Waals surface area contributed by atoms with Crippen molar-refractivity contribution in [3.8, 4) is 0 Å². The number of nitrogens with zero attached hydrogens (tertiary/aromatic N) is 4. The Kier molecular flexibility index (Phi) is 6.06. The Hall–Kier alpha value is -3.02. The van der Waals surface area contributed by atoms with Crippen LogP contribution in [0, 0.1) is 0 Å². The molecule has 0 radical (unpaired) electrons. The number of nitrogen functional groups attached to an aromatic ring is 1. The molecule has 164 valence electrons. The molecule has 0 saturated carbocycles. The van der Waals surface area contributed by atoms with Crippen LogP contribution < -0.4 is 11.1 Å². The molecule has 1 aliphatic rings. The van der Waals surface area contributed by atoms with Gasteiger partial charge in [-0.3, -0.25) is 14.2 Å². The number of hydrogen-bond donors (Lipinski definition) is 2. The minimum atomic E-state index is -2.18. The number of hydrogen-bond acceptors (Lipinski definition) is 10. The van der Waals surface area contributed by atoms with Gasteiger partial charge < -0.3 is 25.3 Å². The molecule has 0 spiro atoms. The molecule has 2 aromatic heterocycles. The first-order valence-corrected chi connectivity index (χ1v) is 9.60. The summed E-state index contributed by atoms with van der Waals surface area (Å²) < 4.78 is 33.7. The van der Waals surface area contributed by atoms with Crippen molar-refractivity contribution in [2.45, 2.75) is 57.7 Å². The third-order valence-corrected chi connectivity index (χ3v) is 4.85. The summed E-state index contributed by atoms with van der Waals surface area (Å²) in [5.41, 5.74) is 4.20. The second kappa shape index (κ2) is 8.38. The van der Waals surface area contributed by atoms with Gasteiger partial charge in [-0.15, -0.1) is 0 Å². The van der Waals surface area contributed by atoms with E-state index < -0.39 is 36.0 Å². The number of carbonyl (C=O) groups excluding carboxylic acids is 2. The fourth-order valence-electron chi connectivity index (χ4n) is 3.31. The molecule has 11 nitrogen and oxygen atoms in total. The first-order valence-electron chi connectivity index (χ1n) is 9.60. The minimum absolute atomic E-state index is 0.0328. The number of carbonyl (C=O) groups is 2. The highest BCUT2D eigenvalue weighted by Gasteiger charge is 2.58. The lowest BCUT2D eigenvalue weighted by atomic mass is 9.98. The lowest BCUT2D eigenvalue weighted by Gasteiger charge is -2.27. The van der Waals surface area contributed by atoms with Gasteiger partial charge in [0.25, 0.3) is 0 Å². The van der Waals surface area contributed by atoms with Gasteiger partial charge in [0.1, 0.15) is 12.7 Å². The van der Waals surface area contributed by atoms with E-state index in [2.05, 4.69) is 20.3 Å². The van der Waals surface area contributed by atoms with Gasteiger partial charge in [-0.25, -0.2) is 9.37 Å². The third kappa shape index (κ3) is 3.86. The fraction of sp³-hybridized carbons (Fsp3) is 0.611. The summed E-state index contributed by atoms with van der Waals surface area (Å²) in [4.78, 5) is 35.9. The monoisotopic (exact) mass is 424 g/mol. The molecule has 4 unspecified atom stereocenters. The van der Waals surface area contributed by atoms with Gasteiger partial charge in [0.2, 0.25) is 5.95 Å². The first-order chi connectivity index (χ1) is 14.2. The number of aromatic nitrogens is 4. The first kappa shape index (κ1) is 21.7. The normalized spacial score (nSPS) is 26.0. The summed E-state index contributed by atoms with van der Waals surface area (Å²) in [6.45, 7) is 4.22. The molecule has 1 aliphatic heterocycles. The van der Waals surface area contributed by atoms with E-state index in [1.54, 1.807) is 20.9 Å². The van der Waals surface area contributed by atoms with Crippen LogP contribution in [0.15, 0.2) is 6.33 Å². The average molecular weight is 424 g/mol. The molecule has 2 aromatic rings. The van der Waals surface area contributed by atoms with E-state index in [9.17, 15) is 9.59 Å². The zero-order valence-corrected chi connectivity index (χ0v) is 17.2. The van der Waals surface area contributed by atoms with E-state index in [1.165, 1.54) is 17.8 Å². The van der Waals surface area contributed by atoms with E-state index in [0.717, 1.165) is 0 Å². The molecule has 3 rings (SSSR count). The summed E-state index contributed by atoms with van der Waals surface area (Å²) in [5.74, 6) is -0.735. The molecule has 3 heterocycles. The molecular formula is C18H25FN6O5. The summed E-state index contributed by atoms with van der Waals surface area (Å²) in [7, 11) is 1.64. The van der Waals surface area contributed by atoms with Crippen molar-refractivity contribution < 1.29 is 28.2 Å². The van der Waals surface area contributed by atoms with Crippen LogP contribution in [0.3, 0.4) is 0 Å². The molecule has 0 amide bonds. The molecule has 0 aliphatic carbocycles. The lowest BCUT2D eigenvalue weighted by molar-refractivity contribution is -0.161. The van der Waals surface area contributed by atoms with Crippen molar-refractivity contribution in [1.29, 1.82) is 0 Å². The smallest absolute Gasteiger partial charge is 0.305 e. The predicted octanol–water partition coefficient (Wildman–Crippen LogP) is 1.35. The number of imidazole rings is 1. The highest BCUT2D eigenvalue weighted by atomic mass is 19.1. The van der Waals surface area contributed by atoms with Crippen LogP contribution in [0.2, 0.25) is 0 Å². The summed E-state index contributed by atoms with van der Waals surface area (Å²) in [6.07, 6.45) is -2.03. The van der Waals surface area contributed by atoms with Crippen molar-refractivity contribution in [2.75, 3.05) is 24.7 Å². The van der Waals surface area contributed by atoms with E-state index in [0.29, 0.717) is 11.3 Å². The van der Waals surface area contributed by atoms with E-state index in [1.807, 2.05) is 0 Å². The Bertz CT molecular complexity index is 949. The zero-order valence-electron chi connectivity index (χ0n) is 17.2. The maximum Gasteiger partial charge on any atom is 0.305 e. The van der Waals surface area contributed by atoms with Gasteiger partial charge in [0, 0.05) is 19.9 Å². The van der Waals surface area contributed by atoms with Gasteiger partial charge >= 0.3 is 11.9 Å². The SMILES string of the molecule is CCC(=O)OCC1OC(n2cnc3c(NC)nc(N)nc32)C(C)(F)C1OC(=O)CC. The second-order valence-corrected chi connectivity index (χ2v) is 6.98. The molecule has 4 atom stereocenters. The molecular weight excluding hydrogens is 399 g/mol. The molecule has 0 aromatic carbocycles. The largest absolute Gasteiger partial charge is 0.463 e. The van der Waals surface area contributed by atoms with Crippen molar-refractivity contribution in [1.82, 2.24) is 19.5 Å². The van der Waals surface area contributed by atoms with Gasteiger partial charge in [0.15, 0.2) is 35.0 Å². The van der Waals surface area contributed by atoms with Crippen LogP contribution in [-0.2, 0) is 23.8 Å². The molecule has 1 saturated heterocycles. The van der Waals surface area contributed by atoms with Crippen molar-refractivity contribution in [2.24, 2.45) is 0 Å². The average Bonchev–Trinajstić information content (AvgIpc) is 3.23. The van der Waals surface area contributed by atoms with Crippen LogP contribution in [0.25, 0.3) is 11.2 Å². The van der Waals surface area contributed by atoms with Crippen LogP contribution in [0.5, 0.6) is 0 Å². The van der Waals surface area contributed by atoms with Crippen LogP contribution >= 0.6 is 0 Å². The number of rotatable bonds is 7. The standard InChI is InChI=1S/C18H25FN6O5/c1-5-10(26)28-7-9-13(30-11(27)6-2)18(3,19)16(29-9)25-8-22-12-14(21-4)23-17(20)24-15(12)25/h8-9,13,16H,5-7H2,1-4H3,(H3,20,21,23,24). The molecule has 12 heteroatoms. The number of alkyl halides is 1. The summed E-state index contributed by atoms with van der Waals surface area (Å²) in [5, 5.41) is 2.86. The number of esters is 2. The Morgan fingerprint density at radius 2 is 2.03 bits per heavy atom. The van der Waals surface area contributed by atoms with Crippen LogP contribution in [-0.4, -0.2) is 63.0 Å². The number of ether oxygens (including phenoxy) is 3. The van der Waals surface area contributed by atoms with Crippen molar-refractivity contribution in [3.05, 3.63) is 6.33 Å². The van der Waals surface area contributed by atoms with Crippen LogP contribution in [0.4, 0.5) is 16.2 Å². The Morgan fingerprint density at radius 3 is 2.67 bits per heavy atom. The zero-order chi connectivity index (χ0) is 22.1. The van der Waals surface area contributed by atoms with Gasteiger partial charge in [-0.05, 0) is 6.92 Å². The Morgan fingerprint density at radius 1 is 1.33 bits per heavy atom. The highest BCUT2D eigenvalue weighted by molar-refractivity contribution is 5.84. The van der Waals surface area contributed by atoms with E-state index in [-0.39, 0.29) is 31.0 Å². The summed E-state index contributed by atoms with van der Waals surface area (Å²) in [6, 6.07) is 0. The number of anilines is 2. The maximum atomic E-state index is 16.0. The van der Waals surface area contributed by atoms with Gasteiger partial charge in [0.05, 0.1) is 6.33 Å². The van der Waals surface area contributed by atoms with Gasteiger partial charge in [-0.2, -0.15) is 9.97 Å². The molecule has 1 fully saturated rings. The number of nitrogens with two attached hydrogens (primary N) is 1. The Balaban J connectivity index is 2.00. The molecule has 3 N–H and O–H groups in total. The molecule has 0 bridgehead atoms. The fourth-order valence-corrected chi connectivity index (χ4v) is 3.31. The molecule has 30 heavy (non-hydrogen) atoms. The lowest BCUT2D eigenvalue weighted by Crippen LogP contribution is -2.44. The van der Waals surface area contributed by atoms with Crippen molar-refractivity contribution >= 4 is 34.9 Å². The highest BCUT2D eigenvalue weighted by Crippen LogP contribution is 2.44. The van der Waals surface area contributed by atoms with Crippen molar-refractivity contribution in [3.63, 3.8) is 0 Å². The quantitative estimate of drug-likeness (QED) is 0.625. The van der Waals surface area contributed by atoms with Gasteiger partial charge in [-0.1, -0.05) is 13.8 Å². The minimum Gasteiger partial charge on any atom is -0.463 e. The Labute approximate surface area is 172 Å². The summed E-state index contributed by atoms with van der Waals surface area (Å²) >= 11 is 0. The number of halogens is 1. The maximum absolute atomic E-state index is 16.0. The number of nitrogens with one attached hydrogen (secondary N) is 1.